The van der Waals surface area contributed by atoms with Gasteiger partial charge in [-0.3, -0.25) is 4.79 Å². The van der Waals surface area contributed by atoms with Crippen molar-refractivity contribution in [2.45, 2.75) is 20.4 Å². The predicted octanol–water partition coefficient (Wildman–Crippen LogP) is 4.69. The van der Waals surface area contributed by atoms with Gasteiger partial charge in [-0.1, -0.05) is 12.1 Å². The van der Waals surface area contributed by atoms with Crippen LogP contribution >= 0.6 is 0 Å². The van der Waals surface area contributed by atoms with Gasteiger partial charge in [-0.2, -0.15) is 5.10 Å². The van der Waals surface area contributed by atoms with Crippen molar-refractivity contribution in [1.82, 2.24) is 15.1 Å². The summed E-state index contributed by atoms with van der Waals surface area (Å²) >= 11 is 0. The van der Waals surface area contributed by atoms with E-state index >= 15 is 0 Å². The van der Waals surface area contributed by atoms with E-state index in [1.165, 1.54) is 11.1 Å². The summed E-state index contributed by atoms with van der Waals surface area (Å²) in [6.45, 7) is 4.44. The quantitative estimate of drug-likeness (QED) is 0.509. The summed E-state index contributed by atoms with van der Waals surface area (Å²) in [6.07, 6.45) is 1.58. The summed E-state index contributed by atoms with van der Waals surface area (Å²) in [4.78, 5) is 13.0. The van der Waals surface area contributed by atoms with Gasteiger partial charge in [0.15, 0.2) is 0 Å². The summed E-state index contributed by atoms with van der Waals surface area (Å²) in [5, 5.41) is 7.64. The minimum Gasteiger partial charge on any atom is -0.497 e. The highest BCUT2D eigenvalue weighted by atomic mass is 16.5. The Morgan fingerprint density at radius 3 is 2.53 bits per heavy atom. The third-order valence-electron chi connectivity index (χ3n) is 5.06. The third kappa shape index (κ3) is 3.98. The first kappa shape index (κ1) is 19.5. The van der Waals surface area contributed by atoms with Gasteiger partial charge < -0.3 is 14.5 Å². The lowest BCUT2D eigenvalue weighted by Gasteiger charge is -2.08. The van der Waals surface area contributed by atoms with Crippen LogP contribution in [0, 0.1) is 13.8 Å². The highest BCUT2D eigenvalue weighted by molar-refractivity contribution is 5.94. The van der Waals surface area contributed by atoms with Crippen molar-refractivity contribution >= 4 is 5.91 Å². The van der Waals surface area contributed by atoms with Gasteiger partial charge in [0.2, 0.25) is 0 Å². The summed E-state index contributed by atoms with van der Waals surface area (Å²) in [5.41, 5.74) is 5.30. The third-order valence-corrected chi connectivity index (χ3v) is 5.06. The standard InChI is InChI=1S/C24H23N3O3/c1-16-6-7-18(13-17(16)2)22-14-23(24(28)25-15-21-5-4-12-30-21)27(26-22)19-8-10-20(29-3)11-9-19/h4-14H,15H2,1-3H3,(H,25,28). The fourth-order valence-corrected chi connectivity index (χ4v) is 3.18. The average molecular weight is 401 g/mol. The SMILES string of the molecule is COc1ccc(-n2nc(-c3ccc(C)c(C)c3)cc2C(=O)NCc2ccco2)cc1. The smallest absolute Gasteiger partial charge is 0.270 e. The lowest BCUT2D eigenvalue weighted by molar-refractivity contribution is 0.0940. The number of furan rings is 1. The molecule has 6 heteroatoms. The van der Waals surface area contributed by atoms with E-state index in [9.17, 15) is 4.79 Å². The maximum Gasteiger partial charge on any atom is 0.270 e. The number of nitrogens with one attached hydrogen (secondary N) is 1. The van der Waals surface area contributed by atoms with Crippen LogP contribution in [0.25, 0.3) is 16.9 Å². The number of benzene rings is 2. The number of rotatable bonds is 6. The molecule has 30 heavy (non-hydrogen) atoms. The minimum absolute atomic E-state index is 0.232. The molecule has 0 aliphatic rings. The van der Waals surface area contributed by atoms with Crippen molar-refractivity contribution in [2.24, 2.45) is 0 Å². The van der Waals surface area contributed by atoms with E-state index in [1.807, 2.05) is 42.5 Å². The number of amides is 1. The minimum atomic E-state index is -0.232. The van der Waals surface area contributed by atoms with Gasteiger partial charge in [0, 0.05) is 5.56 Å². The van der Waals surface area contributed by atoms with Crippen molar-refractivity contribution in [3.8, 4) is 22.7 Å². The number of aromatic nitrogens is 2. The Balaban J connectivity index is 1.72. The van der Waals surface area contributed by atoms with Crippen molar-refractivity contribution in [1.29, 1.82) is 0 Å². The van der Waals surface area contributed by atoms with E-state index in [4.69, 9.17) is 14.3 Å². The van der Waals surface area contributed by atoms with E-state index in [0.717, 1.165) is 22.7 Å². The fraction of sp³-hybridized carbons (Fsp3) is 0.167. The second-order valence-electron chi connectivity index (χ2n) is 7.09. The molecule has 0 atom stereocenters. The van der Waals surface area contributed by atoms with Crippen LogP contribution in [-0.2, 0) is 6.54 Å². The summed E-state index contributed by atoms with van der Waals surface area (Å²) in [6, 6.07) is 19.0. The van der Waals surface area contributed by atoms with Crippen molar-refractivity contribution < 1.29 is 13.9 Å². The van der Waals surface area contributed by atoms with Gasteiger partial charge in [0.05, 0.1) is 31.3 Å². The zero-order valence-corrected chi connectivity index (χ0v) is 17.2. The van der Waals surface area contributed by atoms with Gasteiger partial charge >= 0.3 is 0 Å². The van der Waals surface area contributed by atoms with Crippen molar-refractivity contribution in [3.05, 3.63) is 89.5 Å². The maximum absolute atomic E-state index is 13.0. The first-order valence-corrected chi connectivity index (χ1v) is 9.68. The van der Waals surface area contributed by atoms with Crippen LogP contribution in [0.1, 0.15) is 27.4 Å². The summed E-state index contributed by atoms with van der Waals surface area (Å²) in [5.74, 6) is 1.20. The number of carbonyl (C=O) groups is 1. The molecule has 6 nitrogen and oxygen atoms in total. The average Bonchev–Trinajstić information content (AvgIpc) is 3.44. The number of aryl methyl sites for hydroxylation is 2. The topological polar surface area (TPSA) is 69.3 Å². The number of hydrogen-bond acceptors (Lipinski definition) is 4. The molecule has 0 bridgehead atoms. The fourth-order valence-electron chi connectivity index (χ4n) is 3.18. The molecule has 0 saturated carbocycles. The van der Waals surface area contributed by atoms with Gasteiger partial charge in [-0.05, 0) is 73.5 Å². The second kappa shape index (κ2) is 8.29. The molecule has 0 aliphatic carbocycles. The van der Waals surface area contributed by atoms with Gasteiger partial charge in [0.1, 0.15) is 17.2 Å². The zero-order chi connectivity index (χ0) is 21.1. The Morgan fingerprint density at radius 2 is 1.87 bits per heavy atom. The molecule has 2 heterocycles. The van der Waals surface area contributed by atoms with Crippen LogP contribution < -0.4 is 10.1 Å². The van der Waals surface area contributed by atoms with Crippen molar-refractivity contribution in [2.75, 3.05) is 7.11 Å². The lowest BCUT2D eigenvalue weighted by atomic mass is 10.0. The molecule has 4 rings (SSSR count). The van der Waals surface area contributed by atoms with Crippen LogP contribution in [0.4, 0.5) is 0 Å². The van der Waals surface area contributed by atoms with E-state index in [1.54, 1.807) is 24.1 Å². The summed E-state index contributed by atoms with van der Waals surface area (Å²) in [7, 11) is 1.62. The lowest BCUT2D eigenvalue weighted by Crippen LogP contribution is -2.25. The van der Waals surface area contributed by atoms with E-state index < -0.39 is 0 Å². The molecule has 152 valence electrons. The molecule has 2 aromatic carbocycles. The molecule has 1 amide bonds. The highest BCUT2D eigenvalue weighted by Gasteiger charge is 2.18. The molecule has 0 fully saturated rings. The predicted molar refractivity (Wildman–Crippen MR) is 115 cm³/mol. The molecule has 1 N–H and O–H groups in total. The Bertz CT molecular complexity index is 1160. The molecule has 4 aromatic rings. The van der Waals surface area contributed by atoms with E-state index in [0.29, 0.717) is 18.0 Å². The maximum atomic E-state index is 13.0. The summed E-state index contributed by atoms with van der Waals surface area (Å²) < 4.78 is 12.2. The van der Waals surface area contributed by atoms with E-state index in [2.05, 4.69) is 31.3 Å². The number of methoxy groups -OCH3 is 1. The van der Waals surface area contributed by atoms with Crippen LogP contribution in [0.3, 0.4) is 0 Å². The molecule has 0 radical (unpaired) electrons. The normalized spacial score (nSPS) is 10.8. The molecular weight excluding hydrogens is 378 g/mol. The second-order valence-corrected chi connectivity index (χ2v) is 7.09. The number of ether oxygens (including phenoxy) is 1. The van der Waals surface area contributed by atoms with Crippen LogP contribution in [0.15, 0.2) is 71.3 Å². The van der Waals surface area contributed by atoms with Gasteiger partial charge in [0.25, 0.3) is 5.91 Å². The Hall–Kier alpha value is -3.80. The first-order valence-electron chi connectivity index (χ1n) is 9.68. The largest absolute Gasteiger partial charge is 0.497 e. The van der Waals surface area contributed by atoms with Gasteiger partial charge in [-0.15, -0.1) is 0 Å². The molecule has 0 aliphatic heterocycles. The molecule has 0 unspecified atom stereocenters. The van der Waals surface area contributed by atoms with E-state index in [-0.39, 0.29) is 5.91 Å². The monoisotopic (exact) mass is 401 g/mol. The highest BCUT2D eigenvalue weighted by Crippen LogP contribution is 2.25. The van der Waals surface area contributed by atoms with Crippen LogP contribution in [-0.4, -0.2) is 22.8 Å². The number of nitrogens with zero attached hydrogens (tertiary/aromatic N) is 2. The molecular formula is C24H23N3O3. The number of hydrogen-bond donors (Lipinski definition) is 1. The molecule has 2 aromatic heterocycles. The Labute approximate surface area is 175 Å². The number of carbonyl (C=O) groups excluding carboxylic acids is 1. The molecule has 0 saturated heterocycles. The van der Waals surface area contributed by atoms with Crippen molar-refractivity contribution in [3.63, 3.8) is 0 Å². The van der Waals surface area contributed by atoms with Crippen LogP contribution in [0.2, 0.25) is 0 Å². The van der Waals surface area contributed by atoms with Gasteiger partial charge in [-0.25, -0.2) is 4.68 Å². The molecule has 0 spiro atoms. The van der Waals surface area contributed by atoms with Crippen LogP contribution in [0.5, 0.6) is 5.75 Å². The Kier molecular flexibility index (Phi) is 5.39. The Morgan fingerprint density at radius 1 is 1.07 bits per heavy atom. The first-order chi connectivity index (χ1) is 14.5. The zero-order valence-electron chi connectivity index (χ0n) is 17.2.